The molecule has 1 aliphatic rings. The van der Waals surface area contributed by atoms with Gasteiger partial charge < -0.3 is 15.8 Å². The van der Waals surface area contributed by atoms with Crippen molar-refractivity contribution in [2.24, 2.45) is 17.6 Å². The Hall–Kier alpha value is -1.10. The minimum absolute atomic E-state index is 0.0338. The molecule has 0 aromatic heterocycles. The fraction of sp³-hybridized carbons (Fsp3) is 0.846. The van der Waals surface area contributed by atoms with Gasteiger partial charge in [-0.15, -0.1) is 0 Å². The fourth-order valence-corrected chi connectivity index (χ4v) is 2.43. The van der Waals surface area contributed by atoms with Gasteiger partial charge in [0, 0.05) is 6.61 Å². The van der Waals surface area contributed by atoms with Gasteiger partial charge in [0.25, 0.3) is 0 Å². The summed E-state index contributed by atoms with van der Waals surface area (Å²) in [6.07, 6.45) is 2.19. The molecule has 5 heteroatoms. The zero-order valence-corrected chi connectivity index (χ0v) is 11.5. The van der Waals surface area contributed by atoms with Crippen LogP contribution in [0.25, 0.3) is 0 Å². The van der Waals surface area contributed by atoms with Gasteiger partial charge in [-0.3, -0.25) is 9.59 Å². The molecular formula is C13H24N2O3. The Balaban J connectivity index is 2.76. The molecule has 0 unspecified atom stereocenters. The molecule has 1 fully saturated rings. The van der Waals surface area contributed by atoms with Crippen molar-refractivity contribution < 1.29 is 14.3 Å². The summed E-state index contributed by atoms with van der Waals surface area (Å²) in [5, 5.41) is 2.86. The Morgan fingerprint density at radius 2 is 2.17 bits per heavy atom. The molecule has 0 bridgehead atoms. The summed E-state index contributed by atoms with van der Waals surface area (Å²) in [5.41, 5.74) is 4.53. The van der Waals surface area contributed by atoms with Crippen LogP contribution < -0.4 is 11.1 Å². The highest BCUT2D eigenvalue weighted by Gasteiger charge is 2.41. The summed E-state index contributed by atoms with van der Waals surface area (Å²) in [4.78, 5) is 23.9. The first-order chi connectivity index (χ1) is 8.44. The summed E-state index contributed by atoms with van der Waals surface area (Å²) in [6.45, 7) is 6.80. The third-order valence-electron chi connectivity index (χ3n) is 3.86. The zero-order valence-electron chi connectivity index (χ0n) is 11.5. The number of nitrogens with two attached hydrogens (primary N) is 1. The second-order valence-corrected chi connectivity index (χ2v) is 5.25. The van der Waals surface area contributed by atoms with Gasteiger partial charge in [0.05, 0.1) is 12.5 Å². The minimum Gasteiger partial charge on any atom is -0.381 e. The van der Waals surface area contributed by atoms with Crippen LogP contribution in [0.1, 0.15) is 40.0 Å². The Morgan fingerprint density at radius 1 is 1.50 bits per heavy atom. The third kappa shape index (κ3) is 3.02. The number of carbonyl (C=O) groups excluding carboxylic acids is 2. The van der Waals surface area contributed by atoms with E-state index in [2.05, 4.69) is 5.32 Å². The van der Waals surface area contributed by atoms with Crippen molar-refractivity contribution in [3.8, 4) is 0 Å². The molecule has 0 radical (unpaired) electrons. The average molecular weight is 256 g/mol. The fourth-order valence-electron chi connectivity index (χ4n) is 2.43. The first-order valence-corrected chi connectivity index (χ1v) is 6.63. The first kappa shape index (κ1) is 15.0. The van der Waals surface area contributed by atoms with E-state index in [-0.39, 0.29) is 17.7 Å². The molecule has 1 rings (SSSR count). The van der Waals surface area contributed by atoms with Crippen molar-refractivity contribution >= 4 is 11.8 Å². The predicted molar refractivity (Wildman–Crippen MR) is 68.7 cm³/mol. The van der Waals surface area contributed by atoms with E-state index >= 15 is 0 Å². The highest BCUT2D eigenvalue weighted by atomic mass is 16.5. The van der Waals surface area contributed by atoms with Crippen LogP contribution in [0.4, 0.5) is 0 Å². The molecule has 0 spiro atoms. The lowest BCUT2D eigenvalue weighted by atomic mass is 9.82. The molecule has 0 aliphatic carbocycles. The Morgan fingerprint density at radius 3 is 2.56 bits per heavy atom. The largest absolute Gasteiger partial charge is 0.381 e. The summed E-state index contributed by atoms with van der Waals surface area (Å²) in [7, 11) is 0. The van der Waals surface area contributed by atoms with Crippen molar-refractivity contribution in [1.82, 2.24) is 5.32 Å². The lowest BCUT2D eigenvalue weighted by Gasteiger charge is -2.36. The van der Waals surface area contributed by atoms with Crippen LogP contribution in [0.15, 0.2) is 0 Å². The number of hydrogen-bond acceptors (Lipinski definition) is 3. The smallest absolute Gasteiger partial charge is 0.243 e. The van der Waals surface area contributed by atoms with Gasteiger partial charge in [-0.05, 0) is 25.2 Å². The molecule has 0 aromatic rings. The maximum Gasteiger partial charge on any atom is 0.243 e. The summed E-state index contributed by atoms with van der Waals surface area (Å²) in [5.74, 6) is -0.787. The van der Waals surface area contributed by atoms with E-state index in [1.807, 2.05) is 20.8 Å². The molecular weight excluding hydrogens is 232 g/mol. The maximum atomic E-state index is 12.2. The molecule has 0 saturated carbocycles. The molecule has 0 aromatic carbocycles. The van der Waals surface area contributed by atoms with Gasteiger partial charge in [0.15, 0.2) is 0 Å². The number of amides is 2. The molecule has 5 nitrogen and oxygen atoms in total. The molecule has 3 N–H and O–H groups in total. The van der Waals surface area contributed by atoms with Crippen LogP contribution in [0.2, 0.25) is 0 Å². The summed E-state index contributed by atoms with van der Waals surface area (Å²) < 4.78 is 5.30. The lowest BCUT2D eigenvalue weighted by Crippen LogP contribution is -2.61. The van der Waals surface area contributed by atoms with Crippen LogP contribution >= 0.6 is 0 Å². The van der Waals surface area contributed by atoms with E-state index in [1.54, 1.807) is 0 Å². The van der Waals surface area contributed by atoms with Gasteiger partial charge in [-0.1, -0.05) is 20.8 Å². The number of ether oxygens (including phenoxy) is 1. The highest BCUT2D eigenvalue weighted by Crippen LogP contribution is 2.23. The number of hydrogen-bond donors (Lipinski definition) is 2. The zero-order chi connectivity index (χ0) is 13.8. The minimum atomic E-state index is -0.950. The maximum absolute atomic E-state index is 12.2. The number of nitrogens with one attached hydrogen (secondary N) is 1. The SMILES string of the molecule is CC[C@@](NC(=O)[C@@H]1CCCOC1)(C(N)=O)C(C)C. The van der Waals surface area contributed by atoms with E-state index in [0.29, 0.717) is 19.6 Å². The second-order valence-electron chi connectivity index (χ2n) is 5.25. The van der Waals surface area contributed by atoms with Crippen molar-refractivity contribution in [3.05, 3.63) is 0 Å². The lowest BCUT2D eigenvalue weighted by molar-refractivity contribution is -0.138. The Labute approximate surface area is 108 Å². The Bertz CT molecular complexity index is 311. The predicted octanol–water partition coefficient (Wildman–Crippen LogP) is 0.819. The van der Waals surface area contributed by atoms with Gasteiger partial charge in [-0.25, -0.2) is 0 Å². The van der Waals surface area contributed by atoms with Crippen LogP contribution in [-0.2, 0) is 14.3 Å². The number of rotatable bonds is 5. The molecule has 104 valence electrons. The number of primary amides is 1. The van der Waals surface area contributed by atoms with E-state index < -0.39 is 11.4 Å². The topological polar surface area (TPSA) is 81.4 Å². The molecule has 1 aliphatic heterocycles. The standard InChI is InChI=1S/C13H24N2O3/c1-4-13(9(2)3,12(14)17)15-11(16)10-6-5-7-18-8-10/h9-10H,4-8H2,1-3H3,(H2,14,17)(H,15,16)/t10-,13+/m1/s1. The van der Waals surface area contributed by atoms with E-state index in [9.17, 15) is 9.59 Å². The monoisotopic (exact) mass is 256 g/mol. The Kier molecular flexibility index (Phi) is 5.14. The molecule has 2 atom stereocenters. The van der Waals surface area contributed by atoms with E-state index in [4.69, 9.17) is 10.5 Å². The van der Waals surface area contributed by atoms with Crippen LogP contribution in [-0.4, -0.2) is 30.6 Å². The van der Waals surface area contributed by atoms with Gasteiger partial charge in [0.1, 0.15) is 5.54 Å². The van der Waals surface area contributed by atoms with Gasteiger partial charge >= 0.3 is 0 Å². The van der Waals surface area contributed by atoms with Crippen molar-refractivity contribution in [3.63, 3.8) is 0 Å². The van der Waals surface area contributed by atoms with Crippen molar-refractivity contribution in [2.45, 2.75) is 45.6 Å². The van der Waals surface area contributed by atoms with Crippen molar-refractivity contribution in [1.29, 1.82) is 0 Å². The molecule has 1 heterocycles. The molecule has 2 amide bonds. The normalized spacial score (nSPS) is 23.4. The van der Waals surface area contributed by atoms with Crippen LogP contribution in [0.5, 0.6) is 0 Å². The first-order valence-electron chi connectivity index (χ1n) is 6.63. The second kappa shape index (κ2) is 6.18. The van der Waals surface area contributed by atoms with Crippen molar-refractivity contribution in [2.75, 3.05) is 13.2 Å². The van der Waals surface area contributed by atoms with Gasteiger partial charge in [0.2, 0.25) is 11.8 Å². The molecule has 1 saturated heterocycles. The average Bonchev–Trinajstić information content (AvgIpc) is 2.36. The summed E-state index contributed by atoms with van der Waals surface area (Å²) >= 11 is 0. The van der Waals surface area contributed by atoms with Crippen LogP contribution in [0.3, 0.4) is 0 Å². The van der Waals surface area contributed by atoms with E-state index in [1.165, 1.54) is 0 Å². The van der Waals surface area contributed by atoms with E-state index in [0.717, 1.165) is 12.8 Å². The highest BCUT2D eigenvalue weighted by molar-refractivity contribution is 5.91. The third-order valence-corrected chi connectivity index (χ3v) is 3.86. The quantitative estimate of drug-likeness (QED) is 0.764. The van der Waals surface area contributed by atoms with Gasteiger partial charge in [-0.2, -0.15) is 0 Å². The summed E-state index contributed by atoms with van der Waals surface area (Å²) in [6, 6.07) is 0. The number of carbonyl (C=O) groups is 2. The van der Waals surface area contributed by atoms with Crippen LogP contribution in [0, 0.1) is 11.8 Å². The molecule has 18 heavy (non-hydrogen) atoms.